The molecule has 0 aromatic heterocycles. The van der Waals surface area contributed by atoms with E-state index < -0.39 is 23.7 Å². The maximum Gasteiger partial charge on any atom is 0.408 e. The predicted molar refractivity (Wildman–Crippen MR) is 68.8 cm³/mol. The molecule has 0 radical (unpaired) electrons. The van der Waals surface area contributed by atoms with Crippen LogP contribution in [-0.4, -0.2) is 43.0 Å². The van der Waals surface area contributed by atoms with Gasteiger partial charge in [-0.15, -0.1) is 0 Å². The normalized spacial score (nSPS) is 20.7. The Morgan fingerprint density at radius 1 is 1.42 bits per heavy atom. The van der Waals surface area contributed by atoms with Crippen LogP contribution in [0.1, 0.15) is 40.5 Å². The van der Waals surface area contributed by atoms with E-state index in [0.29, 0.717) is 26.1 Å². The van der Waals surface area contributed by atoms with E-state index >= 15 is 0 Å². The highest BCUT2D eigenvalue weighted by Gasteiger charge is 2.27. The van der Waals surface area contributed by atoms with Gasteiger partial charge in [-0.05, 0) is 27.2 Å². The molecule has 1 amide bonds. The summed E-state index contributed by atoms with van der Waals surface area (Å²) in [6.07, 6.45) is 0.334. The van der Waals surface area contributed by atoms with Crippen molar-refractivity contribution in [2.75, 3.05) is 13.2 Å². The summed E-state index contributed by atoms with van der Waals surface area (Å²) in [5, 5.41) is 2.52. The number of carbonyl (C=O) groups excluding carboxylic acids is 2. The van der Waals surface area contributed by atoms with Crippen LogP contribution < -0.4 is 5.32 Å². The molecule has 110 valence electrons. The first-order valence-electron chi connectivity index (χ1n) is 6.59. The fraction of sp³-hybridized carbons (Fsp3) is 0.846. The molecule has 2 atom stereocenters. The Morgan fingerprint density at radius 3 is 2.58 bits per heavy atom. The fourth-order valence-corrected chi connectivity index (χ4v) is 1.63. The first-order chi connectivity index (χ1) is 8.81. The van der Waals surface area contributed by atoms with E-state index in [9.17, 15) is 9.59 Å². The van der Waals surface area contributed by atoms with Crippen molar-refractivity contribution in [3.8, 4) is 0 Å². The van der Waals surface area contributed by atoms with Gasteiger partial charge in [0.1, 0.15) is 17.7 Å². The highest BCUT2D eigenvalue weighted by Crippen LogP contribution is 2.11. The lowest BCUT2D eigenvalue weighted by atomic mass is 10.2. The Hall–Kier alpha value is -1.30. The van der Waals surface area contributed by atoms with Gasteiger partial charge in [-0.2, -0.15) is 0 Å². The second-order valence-corrected chi connectivity index (χ2v) is 5.53. The van der Waals surface area contributed by atoms with Crippen LogP contribution in [-0.2, 0) is 19.0 Å². The van der Waals surface area contributed by atoms with Gasteiger partial charge in [-0.3, -0.25) is 0 Å². The first-order valence-corrected chi connectivity index (χ1v) is 6.59. The van der Waals surface area contributed by atoms with E-state index in [1.165, 1.54) is 0 Å². The molecule has 1 unspecified atom stereocenters. The number of amides is 1. The standard InChI is InChI=1S/C13H23NO5/c1-5-10(14-12(16)19-13(2,3)4)11(15)18-9-6-7-17-8-9/h9-10H,5-8H2,1-4H3,(H,14,16)/t9?,10-/m0/s1. The summed E-state index contributed by atoms with van der Waals surface area (Å²) in [6, 6.07) is -0.685. The van der Waals surface area contributed by atoms with E-state index in [0.717, 1.165) is 0 Å². The molecular formula is C13H23NO5. The van der Waals surface area contributed by atoms with Gasteiger partial charge >= 0.3 is 12.1 Å². The third kappa shape index (κ3) is 5.92. The van der Waals surface area contributed by atoms with Crippen molar-refractivity contribution in [2.45, 2.75) is 58.3 Å². The summed E-state index contributed by atoms with van der Waals surface area (Å²) in [4.78, 5) is 23.5. The zero-order valence-electron chi connectivity index (χ0n) is 12.0. The Morgan fingerprint density at radius 2 is 2.11 bits per heavy atom. The minimum Gasteiger partial charge on any atom is -0.458 e. The zero-order valence-corrected chi connectivity index (χ0v) is 12.0. The third-order valence-electron chi connectivity index (χ3n) is 2.55. The van der Waals surface area contributed by atoms with Gasteiger partial charge in [0.25, 0.3) is 0 Å². The molecule has 0 bridgehead atoms. The van der Waals surface area contributed by atoms with Gasteiger partial charge in [-0.25, -0.2) is 9.59 Å². The van der Waals surface area contributed by atoms with E-state index in [4.69, 9.17) is 14.2 Å². The van der Waals surface area contributed by atoms with Crippen LogP contribution in [0, 0.1) is 0 Å². The number of ether oxygens (including phenoxy) is 3. The summed E-state index contributed by atoms with van der Waals surface area (Å²) in [6.45, 7) is 8.13. The summed E-state index contributed by atoms with van der Waals surface area (Å²) in [5.41, 5.74) is -0.592. The Bertz CT molecular complexity index is 317. The van der Waals surface area contributed by atoms with Gasteiger partial charge < -0.3 is 19.5 Å². The van der Waals surface area contributed by atoms with Crippen LogP contribution in [0.3, 0.4) is 0 Å². The van der Waals surface area contributed by atoms with Crippen LogP contribution in [0.2, 0.25) is 0 Å². The first kappa shape index (κ1) is 15.8. The van der Waals surface area contributed by atoms with Crippen molar-refractivity contribution in [1.29, 1.82) is 0 Å². The summed E-state index contributed by atoms with van der Waals surface area (Å²) in [5.74, 6) is -0.441. The second-order valence-electron chi connectivity index (χ2n) is 5.53. The number of hydrogen-bond acceptors (Lipinski definition) is 5. The Kier molecular flexibility index (Phi) is 5.60. The number of hydrogen-bond donors (Lipinski definition) is 1. The maximum atomic E-state index is 11.9. The number of rotatable bonds is 4. The molecule has 0 aliphatic carbocycles. The summed E-state index contributed by atoms with van der Waals surface area (Å²) >= 11 is 0. The molecule has 0 spiro atoms. The van der Waals surface area contributed by atoms with Gasteiger partial charge in [0.05, 0.1) is 13.2 Å². The second kappa shape index (κ2) is 6.75. The average molecular weight is 273 g/mol. The van der Waals surface area contributed by atoms with Gasteiger partial charge in [0, 0.05) is 6.42 Å². The quantitative estimate of drug-likeness (QED) is 0.788. The van der Waals surface area contributed by atoms with E-state index in [2.05, 4.69) is 5.32 Å². The van der Waals surface area contributed by atoms with Crippen molar-refractivity contribution >= 4 is 12.1 Å². The van der Waals surface area contributed by atoms with Crippen molar-refractivity contribution in [3.63, 3.8) is 0 Å². The topological polar surface area (TPSA) is 73.9 Å². The highest BCUT2D eigenvalue weighted by molar-refractivity contribution is 5.81. The molecule has 1 fully saturated rings. The van der Waals surface area contributed by atoms with E-state index in [1.54, 1.807) is 27.7 Å². The van der Waals surface area contributed by atoms with Crippen molar-refractivity contribution in [3.05, 3.63) is 0 Å². The van der Waals surface area contributed by atoms with Crippen molar-refractivity contribution in [2.24, 2.45) is 0 Å². The zero-order chi connectivity index (χ0) is 14.5. The molecule has 6 heteroatoms. The van der Waals surface area contributed by atoms with Crippen LogP contribution in [0.4, 0.5) is 4.79 Å². The SMILES string of the molecule is CC[C@H](NC(=O)OC(C)(C)C)C(=O)OC1CCOC1. The van der Waals surface area contributed by atoms with E-state index in [-0.39, 0.29) is 6.10 Å². The number of nitrogens with one attached hydrogen (secondary N) is 1. The number of carbonyl (C=O) groups is 2. The molecular weight excluding hydrogens is 250 g/mol. The molecule has 0 aromatic carbocycles. The Labute approximate surface area is 113 Å². The molecule has 1 rings (SSSR count). The van der Waals surface area contributed by atoms with Crippen LogP contribution in [0.5, 0.6) is 0 Å². The monoisotopic (exact) mass is 273 g/mol. The summed E-state index contributed by atoms with van der Waals surface area (Å²) in [7, 11) is 0. The molecule has 0 saturated carbocycles. The molecule has 6 nitrogen and oxygen atoms in total. The molecule has 0 aromatic rings. The largest absolute Gasteiger partial charge is 0.458 e. The van der Waals surface area contributed by atoms with Crippen LogP contribution in [0.25, 0.3) is 0 Å². The predicted octanol–water partition coefficient (Wildman–Crippen LogP) is 1.62. The minimum absolute atomic E-state index is 0.206. The summed E-state index contributed by atoms with van der Waals surface area (Å²) < 4.78 is 15.5. The van der Waals surface area contributed by atoms with Gasteiger partial charge in [0.2, 0.25) is 0 Å². The van der Waals surface area contributed by atoms with Gasteiger partial charge in [0.15, 0.2) is 0 Å². The molecule has 1 N–H and O–H groups in total. The van der Waals surface area contributed by atoms with E-state index in [1.807, 2.05) is 0 Å². The minimum atomic E-state index is -0.685. The van der Waals surface area contributed by atoms with Crippen LogP contribution >= 0.6 is 0 Å². The average Bonchev–Trinajstić information content (AvgIpc) is 2.75. The van der Waals surface area contributed by atoms with Gasteiger partial charge in [-0.1, -0.05) is 6.92 Å². The van der Waals surface area contributed by atoms with Crippen molar-refractivity contribution < 1.29 is 23.8 Å². The number of alkyl carbamates (subject to hydrolysis) is 1. The fourth-order valence-electron chi connectivity index (χ4n) is 1.63. The third-order valence-corrected chi connectivity index (χ3v) is 2.55. The lowest BCUT2D eigenvalue weighted by molar-refractivity contribution is -0.151. The Balaban J connectivity index is 2.43. The highest BCUT2D eigenvalue weighted by atomic mass is 16.6. The lowest BCUT2D eigenvalue weighted by Gasteiger charge is -2.23. The maximum absolute atomic E-state index is 11.9. The molecule has 1 saturated heterocycles. The molecule has 1 heterocycles. The lowest BCUT2D eigenvalue weighted by Crippen LogP contribution is -2.44. The van der Waals surface area contributed by atoms with Crippen molar-refractivity contribution in [1.82, 2.24) is 5.32 Å². The molecule has 1 aliphatic heterocycles. The molecule has 19 heavy (non-hydrogen) atoms. The number of esters is 1. The smallest absolute Gasteiger partial charge is 0.408 e. The molecule has 1 aliphatic rings. The van der Waals surface area contributed by atoms with Crippen LogP contribution in [0.15, 0.2) is 0 Å².